The van der Waals surface area contributed by atoms with Crippen molar-refractivity contribution in [3.05, 3.63) is 23.9 Å². The van der Waals surface area contributed by atoms with E-state index in [9.17, 15) is 17.7 Å². The number of esters is 1. The molecule has 0 radical (unpaired) electrons. The summed E-state index contributed by atoms with van der Waals surface area (Å²) in [5.41, 5.74) is -0.409. The Balaban J connectivity index is 0.00000180. The molecule has 1 aromatic heterocycles. The first-order chi connectivity index (χ1) is 8.41. The van der Waals surface area contributed by atoms with E-state index in [1.54, 1.807) is 0 Å². The molecule has 0 unspecified atom stereocenters. The summed E-state index contributed by atoms with van der Waals surface area (Å²) < 4.78 is 47.1. The minimum Gasteiger partial charge on any atom is -0.469 e. The number of ether oxygens (including phenoxy) is 1. The molecule has 0 aliphatic carbocycles. The Labute approximate surface area is 149 Å². The normalized spacial score (nSPS) is 11.2. The van der Waals surface area contributed by atoms with Crippen molar-refractivity contribution < 1.29 is 78.4 Å². The number of hydrogen-bond donors (Lipinski definition) is 0. The zero-order valence-electron chi connectivity index (χ0n) is 10.3. The summed E-state index contributed by atoms with van der Waals surface area (Å²) >= 11 is 0. The molecular weight excluding hydrogens is 289 g/mol. The van der Waals surface area contributed by atoms with Crippen LogP contribution in [-0.2, 0) is 16.0 Å². The Morgan fingerprint density at radius 1 is 1.42 bits per heavy atom. The number of hydrogen-bond acceptors (Lipinski definition) is 4. The largest absolute Gasteiger partial charge is 1.00 e. The van der Waals surface area contributed by atoms with Gasteiger partial charge in [-0.25, -0.2) is 0 Å². The molecule has 0 aliphatic rings. The summed E-state index contributed by atoms with van der Waals surface area (Å²) in [5, 5.41) is 3.75. The SMILES string of the molecule is COC(=O)Cc1noc2ccc([B-](F)(F)F)cc12.[K+]. The van der Waals surface area contributed by atoms with Crippen LogP contribution in [0.25, 0.3) is 11.0 Å². The summed E-state index contributed by atoms with van der Waals surface area (Å²) in [4.78, 5) is 11.1. The zero-order chi connectivity index (χ0) is 13.3. The molecule has 1 heterocycles. The third-order valence-corrected chi connectivity index (χ3v) is 2.49. The second-order valence-electron chi connectivity index (χ2n) is 3.71. The van der Waals surface area contributed by atoms with E-state index in [2.05, 4.69) is 9.89 Å². The van der Waals surface area contributed by atoms with Gasteiger partial charge in [-0.3, -0.25) is 4.79 Å². The van der Waals surface area contributed by atoms with Crippen LogP contribution in [0, 0.1) is 0 Å². The summed E-state index contributed by atoms with van der Waals surface area (Å²) in [7, 11) is 1.19. The van der Waals surface area contributed by atoms with Crippen molar-refractivity contribution in [2.24, 2.45) is 0 Å². The van der Waals surface area contributed by atoms with Crippen molar-refractivity contribution in [1.29, 1.82) is 0 Å². The van der Waals surface area contributed by atoms with E-state index in [0.717, 1.165) is 12.1 Å². The van der Waals surface area contributed by atoms with Gasteiger partial charge in [0.1, 0.15) is 5.69 Å². The number of nitrogens with zero attached hydrogens (tertiary/aromatic N) is 1. The molecule has 0 fully saturated rings. The molecular formula is C10H8BF3KNO3. The van der Waals surface area contributed by atoms with Crippen LogP contribution in [0.5, 0.6) is 0 Å². The Kier molecular flexibility index (Phi) is 5.63. The van der Waals surface area contributed by atoms with Crippen molar-refractivity contribution in [2.45, 2.75) is 6.42 Å². The number of aromatic nitrogens is 1. The van der Waals surface area contributed by atoms with Gasteiger partial charge in [0.25, 0.3) is 0 Å². The van der Waals surface area contributed by atoms with Gasteiger partial charge in [-0.05, 0) is 6.07 Å². The van der Waals surface area contributed by atoms with Gasteiger partial charge in [-0.15, -0.1) is 5.46 Å². The van der Waals surface area contributed by atoms with E-state index in [-0.39, 0.29) is 74.5 Å². The Morgan fingerprint density at radius 2 is 2.11 bits per heavy atom. The maximum atomic E-state index is 12.6. The van der Waals surface area contributed by atoms with Crippen molar-refractivity contribution in [3.63, 3.8) is 0 Å². The zero-order valence-corrected chi connectivity index (χ0v) is 13.4. The number of rotatable bonds is 3. The Bertz CT molecular complexity index is 599. The molecule has 0 aliphatic heterocycles. The molecule has 0 bridgehead atoms. The predicted octanol–water partition coefficient (Wildman–Crippen LogP) is -1.40. The molecule has 0 atom stereocenters. The molecule has 0 spiro atoms. The van der Waals surface area contributed by atoms with Crippen LogP contribution in [0.1, 0.15) is 5.69 Å². The van der Waals surface area contributed by atoms with Crippen LogP contribution in [-0.4, -0.2) is 25.2 Å². The molecule has 4 nitrogen and oxygen atoms in total. The fourth-order valence-electron chi connectivity index (χ4n) is 1.55. The van der Waals surface area contributed by atoms with E-state index in [1.807, 2.05) is 0 Å². The van der Waals surface area contributed by atoms with Crippen LogP contribution in [0.3, 0.4) is 0 Å². The van der Waals surface area contributed by atoms with E-state index < -0.39 is 18.4 Å². The van der Waals surface area contributed by atoms with Crippen molar-refractivity contribution in [3.8, 4) is 0 Å². The number of fused-ring (bicyclic) bond motifs is 1. The number of halogens is 3. The van der Waals surface area contributed by atoms with Crippen molar-refractivity contribution in [2.75, 3.05) is 7.11 Å². The number of carbonyl (C=O) groups is 1. The second kappa shape index (κ2) is 6.40. The van der Waals surface area contributed by atoms with Gasteiger partial charge < -0.3 is 22.2 Å². The van der Waals surface area contributed by atoms with Crippen molar-refractivity contribution >= 4 is 29.4 Å². The summed E-state index contributed by atoms with van der Waals surface area (Å²) in [5.74, 6) is -0.590. The second-order valence-corrected chi connectivity index (χ2v) is 3.71. The van der Waals surface area contributed by atoms with E-state index in [4.69, 9.17) is 4.52 Å². The summed E-state index contributed by atoms with van der Waals surface area (Å²) in [6.07, 6.45) is -0.224. The molecule has 2 rings (SSSR count). The van der Waals surface area contributed by atoms with Crippen LogP contribution in [0.15, 0.2) is 22.7 Å². The van der Waals surface area contributed by atoms with Crippen LogP contribution >= 0.6 is 0 Å². The molecule has 2 aromatic rings. The molecule has 0 saturated heterocycles. The molecule has 0 N–H and O–H groups in total. The van der Waals surface area contributed by atoms with Gasteiger partial charge in [0.05, 0.1) is 13.5 Å². The minimum atomic E-state index is -5.09. The predicted molar refractivity (Wildman–Crippen MR) is 58.4 cm³/mol. The maximum absolute atomic E-state index is 12.6. The molecule has 0 amide bonds. The monoisotopic (exact) mass is 297 g/mol. The third kappa shape index (κ3) is 3.82. The van der Waals surface area contributed by atoms with E-state index >= 15 is 0 Å². The topological polar surface area (TPSA) is 52.3 Å². The summed E-state index contributed by atoms with van der Waals surface area (Å²) in [6, 6.07) is 3.05. The van der Waals surface area contributed by atoms with Gasteiger partial charge >= 0.3 is 64.3 Å². The minimum absolute atomic E-state index is 0. The van der Waals surface area contributed by atoms with Crippen molar-refractivity contribution in [1.82, 2.24) is 5.16 Å². The Hall–Kier alpha value is -0.349. The van der Waals surface area contributed by atoms with Gasteiger partial charge in [-0.2, -0.15) is 0 Å². The van der Waals surface area contributed by atoms with Gasteiger partial charge in [0.2, 0.25) is 0 Å². The van der Waals surface area contributed by atoms with E-state index in [1.165, 1.54) is 13.2 Å². The first kappa shape index (κ1) is 16.7. The van der Waals surface area contributed by atoms with Gasteiger partial charge in [0, 0.05) is 5.39 Å². The number of methoxy groups -OCH3 is 1. The number of carbonyl (C=O) groups excluding carboxylic acids is 1. The van der Waals surface area contributed by atoms with Crippen LogP contribution in [0.4, 0.5) is 12.9 Å². The molecule has 0 saturated carbocycles. The quantitative estimate of drug-likeness (QED) is 0.517. The molecule has 96 valence electrons. The summed E-state index contributed by atoms with van der Waals surface area (Å²) in [6.45, 7) is -5.09. The molecule has 9 heteroatoms. The van der Waals surface area contributed by atoms with Crippen LogP contribution < -0.4 is 56.8 Å². The number of benzene rings is 1. The first-order valence-corrected chi connectivity index (χ1v) is 5.07. The Morgan fingerprint density at radius 3 is 2.68 bits per heavy atom. The first-order valence-electron chi connectivity index (χ1n) is 5.07. The average molecular weight is 297 g/mol. The molecule has 1 aromatic carbocycles. The molecule has 19 heavy (non-hydrogen) atoms. The smallest absolute Gasteiger partial charge is 0.469 e. The third-order valence-electron chi connectivity index (χ3n) is 2.49. The fourth-order valence-corrected chi connectivity index (χ4v) is 1.55. The van der Waals surface area contributed by atoms with Crippen LogP contribution in [0.2, 0.25) is 0 Å². The average Bonchev–Trinajstić information content (AvgIpc) is 2.70. The standard InChI is InChI=1S/C10H8BF3NO3.K/c1-17-10(16)5-8-7-4-6(11(12,13)14)2-3-9(7)18-15-8;/h2-4H,5H2,1H3;/q-1;+1. The van der Waals surface area contributed by atoms with E-state index in [0.29, 0.717) is 0 Å². The maximum Gasteiger partial charge on any atom is 1.00 e. The van der Waals surface area contributed by atoms with Gasteiger partial charge in [-0.1, -0.05) is 17.3 Å². The fraction of sp³-hybridized carbons (Fsp3) is 0.200. The van der Waals surface area contributed by atoms with Gasteiger partial charge in [0.15, 0.2) is 5.58 Å².